The summed E-state index contributed by atoms with van der Waals surface area (Å²) in [5, 5.41) is 7.59. The number of benzene rings is 8. The van der Waals surface area contributed by atoms with Crippen molar-refractivity contribution in [3.63, 3.8) is 0 Å². The Hall–Kier alpha value is -6.82. The van der Waals surface area contributed by atoms with Crippen LogP contribution in [-0.4, -0.2) is 9.13 Å². The molecule has 11 aromatic rings. The smallest absolute Gasteiger partial charge is 0.153 e. The van der Waals surface area contributed by atoms with E-state index in [1.54, 1.807) is 0 Å². The highest BCUT2D eigenvalue weighted by Crippen LogP contribution is 2.53. The van der Waals surface area contributed by atoms with E-state index in [0.717, 1.165) is 39.9 Å². The zero-order chi connectivity index (χ0) is 38.1. The largest absolute Gasteiger partial charge is 0.453 e. The Labute approximate surface area is 334 Å². The van der Waals surface area contributed by atoms with E-state index in [4.69, 9.17) is 4.74 Å². The molecule has 0 unspecified atom stereocenters. The van der Waals surface area contributed by atoms with E-state index in [-0.39, 0.29) is 0 Å². The maximum absolute atomic E-state index is 7.11. The molecule has 4 nitrogen and oxygen atoms in total. The third-order valence-electron chi connectivity index (χ3n) is 11.9. The Kier molecular flexibility index (Phi) is 6.74. The summed E-state index contributed by atoms with van der Waals surface area (Å²) in [6.45, 7) is 8.68. The van der Waals surface area contributed by atoms with E-state index in [2.05, 4.69) is 193 Å². The lowest BCUT2D eigenvalue weighted by atomic mass is 10.1. The SMILES string of the molecule is Cc1ccc2c(c1)c1cc(C)ccc1n2-c1ccc2c(c1)Oc1cc(-n3c4ccc(C)cc4c4cc(C)ccc43)ccc1N2c1ccc2sc3ccccc3c2c1. The molecule has 1 aliphatic heterocycles. The number of aryl methyl sites for hydroxylation is 4. The van der Waals surface area contributed by atoms with Gasteiger partial charge in [0, 0.05) is 59.5 Å². The fraction of sp³-hybridized carbons (Fsp3) is 0.0769. The predicted molar refractivity (Wildman–Crippen MR) is 242 cm³/mol. The lowest BCUT2D eigenvalue weighted by molar-refractivity contribution is 0.476. The zero-order valence-electron chi connectivity index (χ0n) is 32.1. The van der Waals surface area contributed by atoms with Crippen molar-refractivity contribution in [2.45, 2.75) is 27.7 Å². The number of thiophene rings is 1. The topological polar surface area (TPSA) is 22.3 Å². The first-order valence-electron chi connectivity index (χ1n) is 19.6. The van der Waals surface area contributed by atoms with Crippen molar-refractivity contribution in [2.24, 2.45) is 0 Å². The first-order chi connectivity index (χ1) is 27.9. The summed E-state index contributed by atoms with van der Waals surface area (Å²) in [6, 6.07) is 56.1. The molecule has 3 aromatic heterocycles. The monoisotopic (exact) mass is 751 g/mol. The normalized spacial score (nSPS) is 12.7. The van der Waals surface area contributed by atoms with Crippen molar-refractivity contribution in [3.05, 3.63) is 174 Å². The van der Waals surface area contributed by atoms with E-state index in [1.807, 2.05) is 11.3 Å². The fourth-order valence-electron chi connectivity index (χ4n) is 9.25. The summed E-state index contributed by atoms with van der Waals surface area (Å²) < 4.78 is 14.5. The third kappa shape index (κ3) is 4.79. The minimum atomic E-state index is 0.815. The second kappa shape index (κ2) is 11.8. The van der Waals surface area contributed by atoms with Gasteiger partial charge in [0.1, 0.15) is 0 Å². The first-order valence-corrected chi connectivity index (χ1v) is 20.4. The number of aromatic nitrogens is 2. The zero-order valence-corrected chi connectivity index (χ0v) is 32.9. The Morgan fingerprint density at radius 1 is 0.368 bits per heavy atom. The van der Waals surface area contributed by atoms with Crippen molar-refractivity contribution < 1.29 is 4.74 Å². The number of hydrogen-bond donors (Lipinski definition) is 0. The van der Waals surface area contributed by atoms with Gasteiger partial charge < -0.3 is 18.8 Å². The van der Waals surface area contributed by atoms with Crippen molar-refractivity contribution in [3.8, 4) is 22.9 Å². The van der Waals surface area contributed by atoms with Crippen molar-refractivity contribution in [1.82, 2.24) is 9.13 Å². The molecule has 0 spiro atoms. The Morgan fingerprint density at radius 2 is 0.807 bits per heavy atom. The van der Waals surface area contributed by atoms with Crippen LogP contribution in [0.5, 0.6) is 11.5 Å². The van der Waals surface area contributed by atoms with Gasteiger partial charge in [-0.05, 0) is 125 Å². The molecule has 0 amide bonds. The summed E-state index contributed by atoms with van der Waals surface area (Å²) in [6.07, 6.45) is 0. The van der Waals surface area contributed by atoms with Gasteiger partial charge in [0.15, 0.2) is 11.5 Å². The molecule has 12 rings (SSSR count). The van der Waals surface area contributed by atoms with Gasteiger partial charge in [-0.25, -0.2) is 0 Å². The second-order valence-corrected chi connectivity index (χ2v) is 16.9. The maximum Gasteiger partial charge on any atom is 0.153 e. The van der Waals surface area contributed by atoms with Gasteiger partial charge in [-0.1, -0.05) is 64.7 Å². The number of fused-ring (bicyclic) bond motifs is 11. The standard InChI is InChI=1S/C52H37N3OS/c1-30-9-16-43-38(23-30)39-24-31(2)10-17-44(39)53(43)35-13-20-47-49(28-35)56-50-29-36(54-45-18-11-32(3)25-40(45)41-26-33(4)12-19-46(41)54)14-21-48(50)55(47)34-15-22-52-42(27-34)37-7-5-6-8-51(37)57-52/h5-29H,1-4H3. The number of nitrogens with zero attached hydrogens (tertiary/aromatic N) is 3. The molecule has 0 saturated heterocycles. The molecule has 272 valence electrons. The average molecular weight is 752 g/mol. The molecule has 57 heavy (non-hydrogen) atoms. The molecule has 0 bridgehead atoms. The third-order valence-corrected chi connectivity index (χ3v) is 13.0. The highest BCUT2D eigenvalue weighted by Gasteiger charge is 2.28. The highest BCUT2D eigenvalue weighted by atomic mass is 32.1. The lowest BCUT2D eigenvalue weighted by Crippen LogP contribution is -2.16. The molecule has 0 radical (unpaired) electrons. The van der Waals surface area contributed by atoms with E-state index >= 15 is 0 Å². The van der Waals surface area contributed by atoms with Crippen LogP contribution >= 0.6 is 11.3 Å². The van der Waals surface area contributed by atoms with Gasteiger partial charge in [-0.3, -0.25) is 0 Å². The van der Waals surface area contributed by atoms with Crippen LogP contribution in [0, 0.1) is 27.7 Å². The van der Waals surface area contributed by atoms with E-state index in [0.29, 0.717) is 0 Å². The molecule has 0 atom stereocenters. The Balaban J connectivity index is 1.09. The van der Waals surface area contributed by atoms with E-state index in [1.165, 1.54) is 86.0 Å². The second-order valence-electron chi connectivity index (χ2n) is 15.8. The van der Waals surface area contributed by atoms with Gasteiger partial charge in [0.05, 0.1) is 44.8 Å². The average Bonchev–Trinajstić information content (AvgIpc) is 3.86. The summed E-state index contributed by atoms with van der Waals surface area (Å²) in [5.74, 6) is 1.63. The Morgan fingerprint density at radius 3 is 1.30 bits per heavy atom. The van der Waals surface area contributed by atoms with Crippen LogP contribution in [-0.2, 0) is 0 Å². The number of anilines is 3. The van der Waals surface area contributed by atoms with Crippen molar-refractivity contribution in [1.29, 1.82) is 0 Å². The van der Waals surface area contributed by atoms with Crippen LogP contribution in [0.4, 0.5) is 17.1 Å². The van der Waals surface area contributed by atoms with Crippen LogP contribution in [0.3, 0.4) is 0 Å². The van der Waals surface area contributed by atoms with E-state index in [9.17, 15) is 0 Å². The predicted octanol–water partition coefficient (Wildman–Crippen LogP) is 15.1. The minimum Gasteiger partial charge on any atom is -0.453 e. The molecule has 8 aromatic carbocycles. The van der Waals surface area contributed by atoms with Crippen LogP contribution in [0.25, 0.3) is 75.2 Å². The fourth-order valence-corrected chi connectivity index (χ4v) is 10.3. The molecule has 0 N–H and O–H groups in total. The van der Waals surface area contributed by atoms with E-state index < -0.39 is 0 Å². The van der Waals surface area contributed by atoms with Crippen LogP contribution in [0.15, 0.2) is 152 Å². The summed E-state index contributed by atoms with van der Waals surface area (Å²) in [7, 11) is 0. The Bertz CT molecular complexity index is 3210. The molecular formula is C52H37N3OS. The highest BCUT2D eigenvalue weighted by molar-refractivity contribution is 7.25. The molecule has 0 fully saturated rings. The molecule has 4 heterocycles. The van der Waals surface area contributed by atoms with Crippen LogP contribution in [0.1, 0.15) is 22.3 Å². The minimum absolute atomic E-state index is 0.815. The van der Waals surface area contributed by atoms with Crippen molar-refractivity contribution >= 4 is 92.2 Å². The van der Waals surface area contributed by atoms with Gasteiger partial charge in [-0.15, -0.1) is 11.3 Å². The number of hydrogen-bond acceptors (Lipinski definition) is 3. The quantitative estimate of drug-likeness (QED) is 0.179. The molecule has 1 aliphatic rings. The van der Waals surface area contributed by atoms with Gasteiger partial charge in [-0.2, -0.15) is 0 Å². The summed E-state index contributed by atoms with van der Waals surface area (Å²) >= 11 is 1.85. The number of ether oxygens (including phenoxy) is 1. The lowest BCUT2D eigenvalue weighted by Gasteiger charge is -2.33. The molecule has 0 aliphatic carbocycles. The van der Waals surface area contributed by atoms with Crippen molar-refractivity contribution in [2.75, 3.05) is 4.90 Å². The summed E-state index contributed by atoms with van der Waals surface area (Å²) in [4.78, 5) is 2.38. The molecule has 0 saturated carbocycles. The van der Waals surface area contributed by atoms with Gasteiger partial charge >= 0.3 is 0 Å². The molecular weight excluding hydrogens is 715 g/mol. The number of rotatable bonds is 3. The first kappa shape index (κ1) is 32.4. The van der Waals surface area contributed by atoms with Gasteiger partial charge in [0.2, 0.25) is 0 Å². The molecule has 5 heteroatoms. The van der Waals surface area contributed by atoms with Crippen LogP contribution < -0.4 is 9.64 Å². The summed E-state index contributed by atoms with van der Waals surface area (Å²) in [5.41, 5.74) is 15.0. The van der Waals surface area contributed by atoms with Crippen LogP contribution in [0.2, 0.25) is 0 Å². The maximum atomic E-state index is 7.11. The van der Waals surface area contributed by atoms with Gasteiger partial charge in [0.25, 0.3) is 0 Å².